The van der Waals surface area contributed by atoms with E-state index in [0.29, 0.717) is 0 Å². The molecule has 1 atom stereocenters. The minimum atomic E-state index is 0.0807. The Morgan fingerprint density at radius 3 is 3.19 bits per heavy atom. The molecule has 1 amide bonds. The Bertz CT molecular complexity index is 337. The number of hydrogen-bond acceptors (Lipinski definition) is 3. The molecule has 5 heteroatoms. The van der Waals surface area contributed by atoms with Crippen LogP contribution in [-0.4, -0.2) is 46.9 Å². The van der Waals surface area contributed by atoms with E-state index in [9.17, 15) is 4.79 Å². The second kappa shape index (κ2) is 5.12. The fraction of sp³-hybridized carbons (Fsp3) is 0.636. The van der Waals surface area contributed by atoms with Crippen LogP contribution in [0.15, 0.2) is 18.5 Å². The fourth-order valence-electron chi connectivity index (χ4n) is 2.18. The molecule has 1 aliphatic heterocycles. The third kappa shape index (κ3) is 2.41. The van der Waals surface area contributed by atoms with Gasteiger partial charge in [-0.3, -0.25) is 9.48 Å². The zero-order chi connectivity index (χ0) is 11.4. The maximum atomic E-state index is 11.8. The highest BCUT2D eigenvalue weighted by Crippen LogP contribution is 2.18. The van der Waals surface area contributed by atoms with Crippen molar-refractivity contribution in [2.75, 3.05) is 20.3 Å². The van der Waals surface area contributed by atoms with Crippen LogP contribution in [0.1, 0.15) is 12.8 Å². The Morgan fingerprint density at radius 2 is 2.50 bits per heavy atom. The second-order valence-corrected chi connectivity index (χ2v) is 4.04. The molecule has 1 aromatic heterocycles. The lowest BCUT2D eigenvalue weighted by atomic mass is 10.2. The van der Waals surface area contributed by atoms with Crippen molar-refractivity contribution < 1.29 is 9.53 Å². The number of nitrogens with zero attached hydrogens (tertiary/aromatic N) is 3. The largest absolute Gasteiger partial charge is 0.375 e. The third-order valence-corrected chi connectivity index (χ3v) is 2.92. The van der Waals surface area contributed by atoms with Crippen molar-refractivity contribution in [3.8, 4) is 0 Å². The van der Waals surface area contributed by atoms with E-state index < -0.39 is 0 Å². The average Bonchev–Trinajstić information content (AvgIpc) is 2.90. The summed E-state index contributed by atoms with van der Waals surface area (Å²) in [5.41, 5.74) is 0. The van der Waals surface area contributed by atoms with Crippen LogP contribution in [0, 0.1) is 0 Å². The number of hydrogen-bond donors (Lipinski definition) is 0. The minimum Gasteiger partial charge on any atom is -0.375 e. The van der Waals surface area contributed by atoms with Gasteiger partial charge in [0.25, 0.3) is 0 Å². The van der Waals surface area contributed by atoms with Gasteiger partial charge in [0.2, 0.25) is 5.91 Å². The summed E-state index contributed by atoms with van der Waals surface area (Å²) in [6.07, 6.45) is 5.81. The monoisotopic (exact) mass is 223 g/mol. The number of carbonyl (C=O) groups is 1. The summed E-state index contributed by atoms with van der Waals surface area (Å²) in [7, 11) is 1.55. The van der Waals surface area contributed by atoms with Gasteiger partial charge in [-0.15, -0.1) is 0 Å². The van der Waals surface area contributed by atoms with Gasteiger partial charge in [0.05, 0.1) is 12.6 Å². The first-order chi connectivity index (χ1) is 7.81. The molecule has 1 aliphatic rings. The van der Waals surface area contributed by atoms with Crippen LogP contribution in [0.5, 0.6) is 0 Å². The average molecular weight is 223 g/mol. The molecule has 0 bridgehead atoms. The molecule has 16 heavy (non-hydrogen) atoms. The first kappa shape index (κ1) is 11.1. The van der Waals surface area contributed by atoms with E-state index in [1.54, 1.807) is 13.3 Å². The molecule has 1 aromatic rings. The molecule has 0 N–H and O–H groups in total. The van der Waals surface area contributed by atoms with Crippen molar-refractivity contribution in [1.29, 1.82) is 0 Å². The molecule has 2 heterocycles. The second-order valence-electron chi connectivity index (χ2n) is 4.04. The van der Waals surface area contributed by atoms with Crippen LogP contribution in [0.25, 0.3) is 0 Å². The SMILES string of the molecule is COCC(=O)N1CCC[C@@H]1Cn1cccn1. The van der Waals surface area contributed by atoms with E-state index in [1.807, 2.05) is 21.8 Å². The van der Waals surface area contributed by atoms with Gasteiger partial charge >= 0.3 is 0 Å². The number of carbonyl (C=O) groups excluding carboxylic acids is 1. The number of rotatable bonds is 4. The molecule has 0 saturated carbocycles. The molecule has 0 unspecified atom stereocenters. The van der Waals surface area contributed by atoms with Crippen molar-refractivity contribution in [1.82, 2.24) is 14.7 Å². The molecule has 0 spiro atoms. The molecule has 0 radical (unpaired) electrons. The van der Waals surface area contributed by atoms with Crippen LogP contribution in [-0.2, 0) is 16.1 Å². The van der Waals surface area contributed by atoms with Crippen molar-refractivity contribution in [2.24, 2.45) is 0 Å². The van der Waals surface area contributed by atoms with Gasteiger partial charge in [-0.1, -0.05) is 0 Å². The van der Waals surface area contributed by atoms with Crippen molar-refractivity contribution in [2.45, 2.75) is 25.4 Å². The number of aromatic nitrogens is 2. The Hall–Kier alpha value is -1.36. The maximum Gasteiger partial charge on any atom is 0.248 e. The summed E-state index contributed by atoms with van der Waals surface area (Å²) in [5, 5.41) is 4.17. The smallest absolute Gasteiger partial charge is 0.248 e. The molecule has 1 fully saturated rings. The van der Waals surface area contributed by atoms with E-state index in [4.69, 9.17) is 4.74 Å². The van der Waals surface area contributed by atoms with Gasteiger partial charge in [-0.2, -0.15) is 5.10 Å². The van der Waals surface area contributed by atoms with E-state index in [2.05, 4.69) is 5.10 Å². The third-order valence-electron chi connectivity index (χ3n) is 2.92. The number of ether oxygens (including phenoxy) is 1. The molecule has 0 aliphatic carbocycles. The molecule has 0 aromatic carbocycles. The first-order valence-corrected chi connectivity index (χ1v) is 5.57. The van der Waals surface area contributed by atoms with Gasteiger partial charge in [-0.25, -0.2) is 0 Å². The minimum absolute atomic E-state index is 0.0807. The molecule has 88 valence electrons. The van der Waals surface area contributed by atoms with Crippen LogP contribution in [0.3, 0.4) is 0 Å². The van der Waals surface area contributed by atoms with Gasteiger partial charge in [0.15, 0.2) is 0 Å². The molecular formula is C11H17N3O2. The lowest BCUT2D eigenvalue weighted by Gasteiger charge is -2.24. The highest BCUT2D eigenvalue weighted by atomic mass is 16.5. The van der Waals surface area contributed by atoms with Crippen molar-refractivity contribution in [3.05, 3.63) is 18.5 Å². The van der Waals surface area contributed by atoms with Crippen LogP contribution < -0.4 is 0 Å². The summed E-state index contributed by atoms with van der Waals surface area (Å²) in [6, 6.07) is 2.17. The zero-order valence-electron chi connectivity index (χ0n) is 9.50. The van der Waals surface area contributed by atoms with Crippen molar-refractivity contribution >= 4 is 5.91 Å². The lowest BCUT2D eigenvalue weighted by molar-refractivity contribution is -0.136. The lowest BCUT2D eigenvalue weighted by Crippen LogP contribution is -2.40. The molecule has 1 saturated heterocycles. The topological polar surface area (TPSA) is 47.4 Å². The van der Waals surface area contributed by atoms with Gasteiger partial charge in [0.1, 0.15) is 6.61 Å². The standard InChI is InChI=1S/C11H17N3O2/c1-16-9-11(15)14-7-2-4-10(14)8-13-6-3-5-12-13/h3,5-6,10H,2,4,7-9H2,1H3/t10-/m1/s1. The fourth-order valence-corrected chi connectivity index (χ4v) is 2.18. The number of likely N-dealkylation sites (tertiary alicyclic amines) is 1. The van der Waals surface area contributed by atoms with Crippen molar-refractivity contribution in [3.63, 3.8) is 0 Å². The Labute approximate surface area is 95.0 Å². The number of amides is 1. The Kier molecular flexibility index (Phi) is 3.56. The predicted octanol–water partition coefficient (Wildman–Crippen LogP) is 0.520. The van der Waals surface area contributed by atoms with Crippen LogP contribution in [0.2, 0.25) is 0 Å². The summed E-state index contributed by atoms with van der Waals surface area (Å²) < 4.78 is 6.76. The zero-order valence-corrected chi connectivity index (χ0v) is 9.50. The highest BCUT2D eigenvalue weighted by molar-refractivity contribution is 5.78. The van der Waals surface area contributed by atoms with E-state index in [0.717, 1.165) is 25.9 Å². The van der Waals surface area contributed by atoms with Gasteiger partial charge in [0, 0.05) is 26.0 Å². The van der Waals surface area contributed by atoms with Crippen LogP contribution in [0.4, 0.5) is 0 Å². The first-order valence-electron chi connectivity index (χ1n) is 5.57. The summed E-state index contributed by atoms with van der Waals surface area (Å²) in [4.78, 5) is 13.7. The summed E-state index contributed by atoms with van der Waals surface area (Å²) >= 11 is 0. The Balaban J connectivity index is 1.95. The van der Waals surface area contributed by atoms with E-state index in [-0.39, 0.29) is 18.6 Å². The van der Waals surface area contributed by atoms with E-state index in [1.165, 1.54) is 0 Å². The van der Waals surface area contributed by atoms with Gasteiger partial charge in [-0.05, 0) is 18.9 Å². The summed E-state index contributed by atoms with van der Waals surface area (Å²) in [6.45, 7) is 1.80. The predicted molar refractivity (Wildman–Crippen MR) is 58.8 cm³/mol. The molecule has 2 rings (SSSR count). The molecular weight excluding hydrogens is 206 g/mol. The normalized spacial score (nSPS) is 20.3. The van der Waals surface area contributed by atoms with E-state index >= 15 is 0 Å². The number of methoxy groups -OCH3 is 1. The highest BCUT2D eigenvalue weighted by Gasteiger charge is 2.28. The Morgan fingerprint density at radius 1 is 1.62 bits per heavy atom. The van der Waals surface area contributed by atoms with Crippen LogP contribution >= 0.6 is 0 Å². The van der Waals surface area contributed by atoms with Gasteiger partial charge < -0.3 is 9.64 Å². The molecule has 5 nitrogen and oxygen atoms in total. The summed E-state index contributed by atoms with van der Waals surface area (Å²) in [5.74, 6) is 0.0807. The quantitative estimate of drug-likeness (QED) is 0.747. The maximum absolute atomic E-state index is 11.8.